The highest BCUT2D eigenvalue weighted by atomic mass is 16.6. The predicted molar refractivity (Wildman–Crippen MR) is 53.7 cm³/mol. The SMILES string of the molecule is C=C(C)C(=O)[C@@H](CC(C)C)OC(N)=O. The molecule has 0 aromatic rings. The van der Waals surface area contributed by atoms with Crippen molar-refractivity contribution in [1.29, 1.82) is 0 Å². The minimum Gasteiger partial charge on any atom is -0.438 e. The maximum atomic E-state index is 11.5. The van der Waals surface area contributed by atoms with E-state index >= 15 is 0 Å². The van der Waals surface area contributed by atoms with Crippen LogP contribution in [0.4, 0.5) is 4.79 Å². The monoisotopic (exact) mass is 199 g/mol. The van der Waals surface area contributed by atoms with E-state index in [1.807, 2.05) is 13.8 Å². The van der Waals surface area contributed by atoms with Gasteiger partial charge in [0.2, 0.25) is 0 Å². The Kier molecular flexibility index (Phi) is 4.91. The van der Waals surface area contributed by atoms with Crippen molar-refractivity contribution in [3.8, 4) is 0 Å². The number of amides is 1. The molecule has 0 aliphatic heterocycles. The molecule has 0 heterocycles. The number of carbonyl (C=O) groups is 2. The molecule has 4 nitrogen and oxygen atoms in total. The number of rotatable bonds is 5. The number of ketones is 1. The standard InChI is InChI=1S/C10H17NO3/c1-6(2)5-8(14-10(11)13)9(12)7(3)4/h6,8H,3,5H2,1-2,4H3,(H2,11,13)/t8-/m1/s1. The fourth-order valence-electron chi connectivity index (χ4n) is 1.05. The van der Waals surface area contributed by atoms with Gasteiger partial charge < -0.3 is 10.5 Å². The van der Waals surface area contributed by atoms with Gasteiger partial charge in [-0.25, -0.2) is 4.79 Å². The minimum atomic E-state index is -0.926. The Morgan fingerprint density at radius 2 is 1.93 bits per heavy atom. The molecule has 0 aromatic heterocycles. The van der Waals surface area contributed by atoms with Gasteiger partial charge in [0, 0.05) is 0 Å². The zero-order chi connectivity index (χ0) is 11.3. The number of ether oxygens (including phenoxy) is 1. The maximum Gasteiger partial charge on any atom is 0.405 e. The number of nitrogens with two attached hydrogens (primary N) is 1. The van der Waals surface area contributed by atoms with Crippen LogP contribution in [0.25, 0.3) is 0 Å². The molecule has 0 fully saturated rings. The summed E-state index contributed by atoms with van der Waals surface area (Å²) in [5, 5.41) is 0. The molecule has 0 aromatic carbocycles. The van der Waals surface area contributed by atoms with E-state index in [4.69, 9.17) is 10.5 Å². The lowest BCUT2D eigenvalue weighted by Crippen LogP contribution is -2.31. The molecular weight excluding hydrogens is 182 g/mol. The summed E-state index contributed by atoms with van der Waals surface area (Å²) in [6.45, 7) is 8.96. The van der Waals surface area contributed by atoms with E-state index in [-0.39, 0.29) is 11.7 Å². The first kappa shape index (κ1) is 12.7. The van der Waals surface area contributed by atoms with Gasteiger partial charge in [-0.05, 0) is 24.8 Å². The largest absolute Gasteiger partial charge is 0.438 e. The van der Waals surface area contributed by atoms with Crippen molar-refractivity contribution in [3.05, 3.63) is 12.2 Å². The quantitative estimate of drug-likeness (QED) is 0.684. The van der Waals surface area contributed by atoms with Gasteiger partial charge in [0.25, 0.3) is 0 Å². The smallest absolute Gasteiger partial charge is 0.405 e. The Morgan fingerprint density at radius 1 is 1.43 bits per heavy atom. The molecule has 80 valence electrons. The molecule has 0 bridgehead atoms. The molecule has 0 spiro atoms. The number of Topliss-reactive ketones (excluding diaryl/α,β-unsaturated/α-hetero) is 1. The first-order valence-corrected chi connectivity index (χ1v) is 4.50. The molecule has 0 rings (SSSR count). The van der Waals surface area contributed by atoms with Crippen LogP contribution >= 0.6 is 0 Å². The normalized spacial score (nSPS) is 12.3. The van der Waals surface area contributed by atoms with E-state index in [9.17, 15) is 9.59 Å². The van der Waals surface area contributed by atoms with Gasteiger partial charge in [-0.1, -0.05) is 20.4 Å². The van der Waals surface area contributed by atoms with Crippen molar-refractivity contribution < 1.29 is 14.3 Å². The van der Waals surface area contributed by atoms with E-state index in [0.29, 0.717) is 12.0 Å². The summed E-state index contributed by atoms with van der Waals surface area (Å²) in [6.07, 6.45) is -1.25. The first-order valence-electron chi connectivity index (χ1n) is 4.50. The fraction of sp³-hybridized carbons (Fsp3) is 0.600. The molecule has 0 aliphatic carbocycles. The third-order valence-corrected chi connectivity index (χ3v) is 1.66. The van der Waals surface area contributed by atoms with Crippen LogP contribution in [0.15, 0.2) is 12.2 Å². The van der Waals surface area contributed by atoms with Crippen molar-refractivity contribution in [2.45, 2.75) is 33.3 Å². The van der Waals surface area contributed by atoms with Crippen LogP contribution in [0.5, 0.6) is 0 Å². The van der Waals surface area contributed by atoms with Gasteiger partial charge in [-0.15, -0.1) is 0 Å². The molecule has 1 atom stereocenters. The molecule has 0 radical (unpaired) electrons. The molecule has 0 saturated carbocycles. The average molecular weight is 199 g/mol. The van der Waals surface area contributed by atoms with Gasteiger partial charge in [-0.2, -0.15) is 0 Å². The zero-order valence-electron chi connectivity index (χ0n) is 8.87. The second-order valence-corrected chi connectivity index (χ2v) is 3.70. The van der Waals surface area contributed by atoms with E-state index < -0.39 is 12.2 Å². The van der Waals surface area contributed by atoms with E-state index in [1.165, 1.54) is 0 Å². The highest BCUT2D eigenvalue weighted by Gasteiger charge is 2.23. The second kappa shape index (κ2) is 5.42. The van der Waals surface area contributed by atoms with Crippen molar-refractivity contribution in [2.75, 3.05) is 0 Å². The van der Waals surface area contributed by atoms with Crippen molar-refractivity contribution in [1.82, 2.24) is 0 Å². The Hall–Kier alpha value is -1.32. The summed E-state index contributed by atoms with van der Waals surface area (Å²) in [7, 11) is 0. The van der Waals surface area contributed by atoms with Crippen molar-refractivity contribution in [2.24, 2.45) is 11.7 Å². The molecule has 2 N–H and O–H groups in total. The molecule has 0 unspecified atom stereocenters. The van der Waals surface area contributed by atoms with E-state index in [2.05, 4.69) is 6.58 Å². The number of carbonyl (C=O) groups excluding carboxylic acids is 2. The van der Waals surface area contributed by atoms with Crippen LogP contribution in [0.3, 0.4) is 0 Å². The number of hydrogen-bond donors (Lipinski definition) is 1. The van der Waals surface area contributed by atoms with Gasteiger partial charge in [0.05, 0.1) is 0 Å². The van der Waals surface area contributed by atoms with Crippen molar-refractivity contribution >= 4 is 11.9 Å². The molecule has 0 aliphatic rings. The molecule has 14 heavy (non-hydrogen) atoms. The molecule has 4 heteroatoms. The molecule has 1 amide bonds. The lowest BCUT2D eigenvalue weighted by Gasteiger charge is -2.17. The Labute approximate surface area is 84.1 Å². The second-order valence-electron chi connectivity index (χ2n) is 3.70. The van der Waals surface area contributed by atoms with Crippen LogP contribution in [0.2, 0.25) is 0 Å². The summed E-state index contributed by atoms with van der Waals surface area (Å²) >= 11 is 0. The zero-order valence-corrected chi connectivity index (χ0v) is 8.87. The topological polar surface area (TPSA) is 69.4 Å². The van der Waals surface area contributed by atoms with E-state index in [1.54, 1.807) is 6.92 Å². The van der Waals surface area contributed by atoms with Gasteiger partial charge in [0.1, 0.15) is 0 Å². The number of hydrogen-bond acceptors (Lipinski definition) is 3. The lowest BCUT2D eigenvalue weighted by molar-refractivity contribution is -0.124. The van der Waals surface area contributed by atoms with Crippen LogP contribution in [0, 0.1) is 5.92 Å². The summed E-state index contributed by atoms with van der Waals surface area (Å²) in [4.78, 5) is 22.0. The van der Waals surface area contributed by atoms with Crippen LogP contribution in [-0.4, -0.2) is 18.0 Å². The third-order valence-electron chi connectivity index (χ3n) is 1.66. The first-order chi connectivity index (χ1) is 6.34. The Bertz CT molecular complexity index is 246. The number of primary amides is 1. The highest BCUT2D eigenvalue weighted by Crippen LogP contribution is 2.12. The van der Waals surface area contributed by atoms with Crippen LogP contribution < -0.4 is 5.73 Å². The van der Waals surface area contributed by atoms with Gasteiger partial charge in [0.15, 0.2) is 11.9 Å². The fourth-order valence-corrected chi connectivity index (χ4v) is 1.05. The van der Waals surface area contributed by atoms with Gasteiger partial charge in [-0.3, -0.25) is 4.79 Å². The average Bonchev–Trinajstić information content (AvgIpc) is 1.99. The Balaban J connectivity index is 4.46. The highest BCUT2D eigenvalue weighted by molar-refractivity contribution is 5.98. The summed E-state index contributed by atoms with van der Waals surface area (Å²) in [6, 6.07) is 0. The summed E-state index contributed by atoms with van der Waals surface area (Å²) in [5.74, 6) is -0.0138. The van der Waals surface area contributed by atoms with E-state index in [0.717, 1.165) is 0 Å². The summed E-state index contributed by atoms with van der Waals surface area (Å²) in [5.41, 5.74) is 5.24. The van der Waals surface area contributed by atoms with Crippen LogP contribution in [-0.2, 0) is 9.53 Å². The molecule has 0 saturated heterocycles. The lowest BCUT2D eigenvalue weighted by atomic mass is 10.00. The maximum absolute atomic E-state index is 11.5. The molecular formula is C10H17NO3. The van der Waals surface area contributed by atoms with Crippen LogP contribution in [0.1, 0.15) is 27.2 Å². The van der Waals surface area contributed by atoms with Gasteiger partial charge >= 0.3 is 6.09 Å². The minimum absolute atomic E-state index is 0.252. The van der Waals surface area contributed by atoms with Crippen molar-refractivity contribution in [3.63, 3.8) is 0 Å². The third kappa shape index (κ3) is 4.64. The summed E-state index contributed by atoms with van der Waals surface area (Å²) < 4.78 is 4.71. The Morgan fingerprint density at radius 3 is 2.21 bits per heavy atom. The predicted octanol–water partition coefficient (Wildman–Crippen LogP) is 1.64.